The van der Waals surface area contributed by atoms with Gasteiger partial charge in [0.1, 0.15) is 17.6 Å². The Hall–Kier alpha value is -2.44. The largest absolute Gasteiger partial charge is 0.490 e. The van der Waals surface area contributed by atoms with E-state index in [1.807, 2.05) is 29.6 Å². The maximum absolute atomic E-state index is 6.03. The van der Waals surface area contributed by atoms with Gasteiger partial charge in [-0.2, -0.15) is 0 Å². The molecule has 2 aromatic heterocycles. The molecule has 1 aliphatic heterocycles. The van der Waals surface area contributed by atoms with Gasteiger partial charge in [0.25, 0.3) is 5.19 Å². The topological polar surface area (TPSA) is 47.5 Å². The second kappa shape index (κ2) is 8.29. The van der Waals surface area contributed by atoms with Crippen LogP contribution < -0.4 is 9.47 Å². The molecule has 5 nitrogen and oxygen atoms in total. The van der Waals surface area contributed by atoms with Gasteiger partial charge in [0.2, 0.25) is 0 Å². The molecule has 0 radical (unpaired) electrons. The quantitative estimate of drug-likeness (QED) is 0.647. The zero-order valence-corrected chi connectivity index (χ0v) is 15.3. The molecular formula is C20H21N3O2S. The number of rotatable bonds is 6. The number of aromatic nitrogens is 2. The van der Waals surface area contributed by atoms with Crippen LogP contribution in [-0.2, 0) is 6.54 Å². The summed E-state index contributed by atoms with van der Waals surface area (Å²) in [6.45, 7) is 3.06. The summed E-state index contributed by atoms with van der Waals surface area (Å²) >= 11 is 1.49. The monoisotopic (exact) mass is 367 g/mol. The third-order valence-electron chi connectivity index (χ3n) is 4.43. The molecule has 1 fully saturated rings. The summed E-state index contributed by atoms with van der Waals surface area (Å²) in [6.07, 6.45) is 7.68. The Bertz CT molecular complexity index is 786. The average molecular weight is 367 g/mol. The van der Waals surface area contributed by atoms with Crippen LogP contribution in [-0.4, -0.2) is 34.1 Å². The highest BCUT2D eigenvalue weighted by molar-refractivity contribution is 7.11. The molecule has 1 saturated heterocycles. The molecule has 1 aliphatic rings. The van der Waals surface area contributed by atoms with Crippen LogP contribution >= 0.6 is 11.3 Å². The fraction of sp³-hybridized carbons (Fsp3) is 0.300. The zero-order valence-electron chi connectivity index (χ0n) is 14.5. The van der Waals surface area contributed by atoms with Crippen molar-refractivity contribution in [2.75, 3.05) is 13.1 Å². The van der Waals surface area contributed by atoms with Gasteiger partial charge in [-0.1, -0.05) is 23.5 Å². The van der Waals surface area contributed by atoms with E-state index in [2.05, 4.69) is 27.0 Å². The van der Waals surface area contributed by atoms with E-state index in [9.17, 15) is 0 Å². The minimum Gasteiger partial charge on any atom is -0.490 e. The second-order valence-corrected chi connectivity index (χ2v) is 7.18. The molecule has 0 unspecified atom stereocenters. The molecule has 6 heteroatoms. The first-order valence-electron chi connectivity index (χ1n) is 8.80. The van der Waals surface area contributed by atoms with Crippen LogP contribution in [0.5, 0.6) is 16.7 Å². The number of thiazole rings is 1. The molecule has 26 heavy (non-hydrogen) atoms. The summed E-state index contributed by atoms with van der Waals surface area (Å²) in [5, 5.41) is 2.58. The van der Waals surface area contributed by atoms with Crippen LogP contribution in [0.15, 0.2) is 60.4 Å². The summed E-state index contributed by atoms with van der Waals surface area (Å²) in [5.41, 5.74) is 1.30. The van der Waals surface area contributed by atoms with Crippen molar-refractivity contribution >= 4 is 11.3 Å². The first kappa shape index (κ1) is 17.0. The van der Waals surface area contributed by atoms with Gasteiger partial charge in [0, 0.05) is 43.6 Å². The van der Waals surface area contributed by atoms with E-state index in [4.69, 9.17) is 9.47 Å². The van der Waals surface area contributed by atoms with Crippen molar-refractivity contribution in [3.63, 3.8) is 0 Å². The van der Waals surface area contributed by atoms with Crippen LogP contribution in [0.3, 0.4) is 0 Å². The Balaban J connectivity index is 1.25. The van der Waals surface area contributed by atoms with Crippen molar-refractivity contribution in [1.82, 2.24) is 14.9 Å². The van der Waals surface area contributed by atoms with E-state index in [-0.39, 0.29) is 0 Å². The van der Waals surface area contributed by atoms with Gasteiger partial charge in [-0.15, -0.1) is 0 Å². The van der Waals surface area contributed by atoms with E-state index >= 15 is 0 Å². The molecule has 0 N–H and O–H groups in total. The maximum Gasteiger partial charge on any atom is 0.278 e. The number of hydrogen-bond donors (Lipinski definition) is 0. The van der Waals surface area contributed by atoms with Gasteiger partial charge < -0.3 is 9.47 Å². The fourth-order valence-electron chi connectivity index (χ4n) is 3.08. The van der Waals surface area contributed by atoms with Gasteiger partial charge >= 0.3 is 0 Å². The van der Waals surface area contributed by atoms with Crippen LogP contribution in [0.2, 0.25) is 0 Å². The summed E-state index contributed by atoms with van der Waals surface area (Å²) in [5.74, 6) is 1.74. The smallest absolute Gasteiger partial charge is 0.278 e. The highest BCUT2D eigenvalue weighted by Crippen LogP contribution is 2.24. The minimum atomic E-state index is 0.294. The first-order chi connectivity index (χ1) is 12.8. The van der Waals surface area contributed by atoms with E-state index in [0.717, 1.165) is 44.0 Å². The normalized spacial score (nSPS) is 15.7. The number of piperidine rings is 1. The summed E-state index contributed by atoms with van der Waals surface area (Å²) < 4.78 is 11.7. The number of benzene rings is 1. The van der Waals surface area contributed by atoms with Gasteiger partial charge in [-0.3, -0.25) is 9.88 Å². The Kier molecular flexibility index (Phi) is 5.42. The number of pyridine rings is 1. The number of ether oxygens (including phenoxy) is 2. The molecule has 0 aliphatic carbocycles. The van der Waals surface area contributed by atoms with Crippen molar-refractivity contribution in [2.45, 2.75) is 25.5 Å². The Morgan fingerprint density at radius 1 is 0.962 bits per heavy atom. The average Bonchev–Trinajstić information content (AvgIpc) is 3.19. The van der Waals surface area contributed by atoms with Crippen molar-refractivity contribution in [2.24, 2.45) is 0 Å². The molecule has 0 amide bonds. The highest BCUT2D eigenvalue weighted by atomic mass is 32.1. The fourth-order valence-corrected chi connectivity index (χ4v) is 3.58. The third-order valence-corrected chi connectivity index (χ3v) is 5.08. The molecule has 0 bridgehead atoms. The molecule has 3 aromatic rings. The lowest BCUT2D eigenvalue weighted by molar-refractivity contribution is 0.0967. The molecule has 0 saturated carbocycles. The first-order valence-corrected chi connectivity index (χ1v) is 9.68. The van der Waals surface area contributed by atoms with Gasteiger partial charge in [0.15, 0.2) is 0 Å². The Labute approximate surface area is 157 Å². The molecule has 4 rings (SSSR count). The Morgan fingerprint density at radius 3 is 2.42 bits per heavy atom. The Morgan fingerprint density at radius 2 is 1.73 bits per heavy atom. The summed E-state index contributed by atoms with van der Waals surface area (Å²) in [4.78, 5) is 10.6. The summed E-state index contributed by atoms with van der Waals surface area (Å²) in [6, 6.07) is 12.1. The minimum absolute atomic E-state index is 0.294. The predicted molar refractivity (Wildman–Crippen MR) is 102 cm³/mol. The SMILES string of the molecule is c1cc(OC2CCN(Cc3ccc(Oc4nccs4)cc3)CC2)ccn1. The van der Waals surface area contributed by atoms with Crippen LogP contribution in [0, 0.1) is 0 Å². The standard InChI is InChI=1S/C20H21N3O2S/c1-3-17(25-20-22-11-14-26-20)4-2-16(1)15-23-12-7-19(8-13-23)24-18-5-9-21-10-6-18/h1-6,9-11,14,19H,7-8,12-13,15H2. The lowest BCUT2D eigenvalue weighted by atomic mass is 10.1. The lowest BCUT2D eigenvalue weighted by Gasteiger charge is -2.32. The lowest BCUT2D eigenvalue weighted by Crippen LogP contribution is -2.37. The van der Waals surface area contributed by atoms with E-state index in [1.165, 1.54) is 16.9 Å². The van der Waals surface area contributed by atoms with Gasteiger partial charge in [-0.05, 0) is 42.7 Å². The van der Waals surface area contributed by atoms with E-state index < -0.39 is 0 Å². The molecule has 134 valence electrons. The number of nitrogens with zero attached hydrogens (tertiary/aromatic N) is 3. The maximum atomic E-state index is 6.03. The second-order valence-electron chi connectivity index (χ2n) is 6.32. The van der Waals surface area contributed by atoms with Crippen molar-refractivity contribution < 1.29 is 9.47 Å². The zero-order chi connectivity index (χ0) is 17.6. The third kappa shape index (κ3) is 4.59. The molecule has 0 spiro atoms. The van der Waals surface area contributed by atoms with Crippen molar-refractivity contribution in [3.05, 3.63) is 65.9 Å². The van der Waals surface area contributed by atoms with Crippen molar-refractivity contribution in [3.8, 4) is 16.7 Å². The molecular weight excluding hydrogens is 346 g/mol. The van der Waals surface area contributed by atoms with E-state index in [0.29, 0.717) is 11.3 Å². The predicted octanol–water partition coefficient (Wildman–Crippen LogP) is 4.37. The van der Waals surface area contributed by atoms with E-state index in [1.54, 1.807) is 18.6 Å². The summed E-state index contributed by atoms with van der Waals surface area (Å²) in [7, 11) is 0. The van der Waals surface area contributed by atoms with Crippen LogP contribution in [0.25, 0.3) is 0 Å². The molecule has 3 heterocycles. The van der Waals surface area contributed by atoms with Crippen LogP contribution in [0.1, 0.15) is 18.4 Å². The van der Waals surface area contributed by atoms with Gasteiger partial charge in [-0.25, -0.2) is 4.98 Å². The molecule has 0 atom stereocenters. The van der Waals surface area contributed by atoms with Gasteiger partial charge in [0.05, 0.1) is 0 Å². The number of hydrogen-bond acceptors (Lipinski definition) is 6. The van der Waals surface area contributed by atoms with Crippen LogP contribution in [0.4, 0.5) is 0 Å². The highest BCUT2D eigenvalue weighted by Gasteiger charge is 2.20. The van der Waals surface area contributed by atoms with Crippen molar-refractivity contribution in [1.29, 1.82) is 0 Å². The number of likely N-dealkylation sites (tertiary alicyclic amines) is 1. The molecule has 1 aromatic carbocycles.